The van der Waals surface area contributed by atoms with E-state index in [9.17, 15) is 9.59 Å². The van der Waals surface area contributed by atoms with Crippen LogP contribution in [-0.2, 0) is 4.79 Å². The van der Waals surface area contributed by atoms with Crippen molar-refractivity contribution in [3.05, 3.63) is 88.1 Å². The maximum absolute atomic E-state index is 15.0. The number of hydrogen-bond acceptors (Lipinski definition) is 6. The molecule has 1 aliphatic rings. The maximum Gasteiger partial charge on any atom is 0.355 e. The van der Waals surface area contributed by atoms with Crippen molar-refractivity contribution in [2.45, 2.75) is 32.7 Å². The SMILES string of the molecule is C=CC(=O)N1CCN(c2nc(=O)n(-c3c(C(C)C)cccc3N(C)C)c3nc(-c4ccccc4F)c(Cl)cc23)[C@@H](C)C1. The summed E-state index contributed by atoms with van der Waals surface area (Å²) in [5.41, 5.74) is 2.68. The number of fused-ring (bicyclic) bond motifs is 1. The van der Waals surface area contributed by atoms with Crippen molar-refractivity contribution in [3.63, 3.8) is 0 Å². The van der Waals surface area contributed by atoms with Gasteiger partial charge in [0, 0.05) is 45.3 Å². The highest BCUT2D eigenvalue weighted by molar-refractivity contribution is 6.33. The lowest BCUT2D eigenvalue weighted by molar-refractivity contribution is -0.126. The van der Waals surface area contributed by atoms with Gasteiger partial charge in [-0.3, -0.25) is 4.79 Å². The van der Waals surface area contributed by atoms with Gasteiger partial charge in [-0.1, -0.05) is 56.3 Å². The Hall–Kier alpha value is -4.24. The van der Waals surface area contributed by atoms with E-state index in [4.69, 9.17) is 16.6 Å². The summed E-state index contributed by atoms with van der Waals surface area (Å²) in [6.45, 7) is 11.0. The van der Waals surface area contributed by atoms with Gasteiger partial charge in [0.2, 0.25) is 5.91 Å². The summed E-state index contributed by atoms with van der Waals surface area (Å²) in [7, 11) is 3.83. The van der Waals surface area contributed by atoms with Crippen molar-refractivity contribution in [1.82, 2.24) is 19.4 Å². The van der Waals surface area contributed by atoms with Crippen LogP contribution in [0.5, 0.6) is 0 Å². The van der Waals surface area contributed by atoms with E-state index in [0.29, 0.717) is 42.2 Å². The Labute approximate surface area is 249 Å². The standard InChI is InChI=1S/C32H34ClFN6O2/c1-7-27(41)38-15-16-39(20(4)18-38)30-23-17-24(33)28(22-11-8-9-13-25(22)34)35-31(23)40(32(42)36-30)29-21(19(2)3)12-10-14-26(29)37(5)6/h7-14,17,19-20H,1,15-16,18H2,2-6H3/t20-/m0/s1. The van der Waals surface area contributed by atoms with Gasteiger partial charge in [-0.05, 0) is 48.7 Å². The minimum absolute atomic E-state index is 0.0790. The fraction of sp³-hybridized carbons (Fsp3) is 0.312. The first-order chi connectivity index (χ1) is 20.0. The molecule has 0 aliphatic carbocycles. The molecule has 1 atom stereocenters. The molecule has 5 rings (SSSR count). The zero-order valence-corrected chi connectivity index (χ0v) is 25.2. The monoisotopic (exact) mass is 588 g/mol. The van der Waals surface area contributed by atoms with Crippen molar-refractivity contribution >= 4 is 40.0 Å². The number of carbonyl (C=O) groups is 1. The molecule has 1 amide bonds. The number of amides is 1. The molecule has 0 unspecified atom stereocenters. The number of aromatic nitrogens is 3. The summed E-state index contributed by atoms with van der Waals surface area (Å²) < 4.78 is 16.5. The van der Waals surface area contributed by atoms with Gasteiger partial charge >= 0.3 is 5.69 Å². The molecule has 1 fully saturated rings. The number of benzene rings is 2. The molecular weight excluding hydrogens is 555 g/mol. The Bertz CT molecular complexity index is 1730. The van der Waals surface area contributed by atoms with E-state index >= 15 is 4.39 Å². The van der Waals surface area contributed by atoms with Crippen LogP contribution >= 0.6 is 11.6 Å². The van der Waals surface area contributed by atoms with Crippen molar-refractivity contribution in [1.29, 1.82) is 0 Å². The van der Waals surface area contributed by atoms with Gasteiger partial charge in [0.1, 0.15) is 11.6 Å². The van der Waals surface area contributed by atoms with Gasteiger partial charge in [0.15, 0.2) is 5.65 Å². The van der Waals surface area contributed by atoms with Crippen LogP contribution in [0.1, 0.15) is 32.3 Å². The summed E-state index contributed by atoms with van der Waals surface area (Å²) in [6, 6.07) is 13.7. The zero-order valence-electron chi connectivity index (χ0n) is 24.4. The fourth-order valence-corrected chi connectivity index (χ4v) is 5.84. The highest BCUT2D eigenvalue weighted by Gasteiger charge is 2.30. The molecule has 3 heterocycles. The summed E-state index contributed by atoms with van der Waals surface area (Å²) in [5.74, 6) is -0.110. The number of rotatable bonds is 6. The molecule has 4 aromatic rings. The quantitative estimate of drug-likeness (QED) is 0.271. The molecule has 1 aliphatic heterocycles. The number of para-hydroxylation sites is 1. The first kappa shape index (κ1) is 29.3. The molecule has 10 heteroatoms. The highest BCUT2D eigenvalue weighted by atomic mass is 35.5. The number of piperazine rings is 1. The first-order valence-electron chi connectivity index (χ1n) is 13.9. The Kier molecular flexibility index (Phi) is 8.06. The third kappa shape index (κ3) is 5.13. The van der Waals surface area contributed by atoms with Crippen LogP contribution < -0.4 is 15.5 Å². The van der Waals surface area contributed by atoms with Crippen molar-refractivity contribution in [2.24, 2.45) is 0 Å². The third-order valence-corrected chi connectivity index (χ3v) is 7.98. The molecule has 8 nitrogen and oxygen atoms in total. The lowest BCUT2D eigenvalue weighted by Crippen LogP contribution is -2.54. The number of anilines is 2. The molecule has 0 radical (unpaired) electrons. The molecule has 0 saturated carbocycles. The molecule has 218 valence electrons. The Morgan fingerprint density at radius 2 is 1.88 bits per heavy atom. The van der Waals surface area contributed by atoms with E-state index in [1.165, 1.54) is 16.7 Å². The lowest BCUT2D eigenvalue weighted by atomic mass is 9.99. The summed E-state index contributed by atoms with van der Waals surface area (Å²) in [6.07, 6.45) is 1.31. The van der Waals surface area contributed by atoms with Crippen LogP contribution in [0.3, 0.4) is 0 Å². The number of halogens is 2. The van der Waals surface area contributed by atoms with Crippen molar-refractivity contribution in [3.8, 4) is 16.9 Å². The zero-order chi connectivity index (χ0) is 30.3. The van der Waals surface area contributed by atoms with E-state index in [1.54, 1.807) is 29.2 Å². The second-order valence-corrected chi connectivity index (χ2v) is 11.4. The number of carbonyl (C=O) groups excluding carboxylic acids is 1. The average Bonchev–Trinajstić information content (AvgIpc) is 2.96. The second-order valence-electron chi connectivity index (χ2n) is 11.0. The van der Waals surface area contributed by atoms with Crippen LogP contribution in [0.4, 0.5) is 15.9 Å². The molecule has 0 bridgehead atoms. The molecule has 1 saturated heterocycles. The van der Waals surface area contributed by atoms with Crippen LogP contribution in [0.2, 0.25) is 5.02 Å². The van der Waals surface area contributed by atoms with Gasteiger partial charge in [-0.15, -0.1) is 0 Å². The maximum atomic E-state index is 15.0. The van der Waals surface area contributed by atoms with Crippen LogP contribution in [0.15, 0.2) is 66.0 Å². The van der Waals surface area contributed by atoms with Crippen molar-refractivity contribution in [2.75, 3.05) is 43.5 Å². The van der Waals surface area contributed by atoms with Gasteiger partial charge in [-0.25, -0.2) is 18.7 Å². The van der Waals surface area contributed by atoms with Gasteiger partial charge < -0.3 is 14.7 Å². The summed E-state index contributed by atoms with van der Waals surface area (Å²) >= 11 is 6.81. The molecule has 2 aromatic heterocycles. The van der Waals surface area contributed by atoms with Gasteiger partial charge in [0.25, 0.3) is 0 Å². The number of hydrogen-bond donors (Lipinski definition) is 0. The Morgan fingerprint density at radius 1 is 1.14 bits per heavy atom. The van der Waals surface area contributed by atoms with Gasteiger partial charge in [-0.2, -0.15) is 4.98 Å². The van der Waals surface area contributed by atoms with E-state index in [-0.39, 0.29) is 34.1 Å². The second kappa shape index (κ2) is 11.6. The minimum atomic E-state index is -0.514. The topological polar surface area (TPSA) is 74.6 Å². The molecule has 0 spiro atoms. The van der Waals surface area contributed by atoms with E-state index < -0.39 is 11.5 Å². The molecular formula is C32H34ClFN6O2. The Morgan fingerprint density at radius 3 is 2.52 bits per heavy atom. The van der Waals surface area contributed by atoms with Gasteiger partial charge in [0.05, 0.1) is 27.5 Å². The highest BCUT2D eigenvalue weighted by Crippen LogP contribution is 2.38. The summed E-state index contributed by atoms with van der Waals surface area (Å²) in [5, 5.41) is 0.789. The van der Waals surface area contributed by atoms with Crippen molar-refractivity contribution < 1.29 is 9.18 Å². The third-order valence-electron chi connectivity index (χ3n) is 7.69. The van der Waals surface area contributed by atoms with Crippen LogP contribution in [-0.4, -0.2) is 65.1 Å². The largest absolute Gasteiger partial charge is 0.376 e. The number of nitrogens with zero attached hydrogens (tertiary/aromatic N) is 6. The predicted molar refractivity (Wildman–Crippen MR) is 168 cm³/mol. The molecule has 2 aromatic carbocycles. The first-order valence-corrected chi connectivity index (χ1v) is 14.3. The van der Waals surface area contributed by atoms with E-state index in [0.717, 1.165) is 11.3 Å². The fourth-order valence-electron chi connectivity index (χ4n) is 5.59. The van der Waals surface area contributed by atoms with E-state index in [1.807, 2.05) is 49.0 Å². The average molecular weight is 589 g/mol. The van der Waals surface area contributed by atoms with Crippen LogP contribution in [0.25, 0.3) is 28.0 Å². The smallest absolute Gasteiger partial charge is 0.355 e. The molecule has 0 N–H and O–H groups in total. The minimum Gasteiger partial charge on any atom is -0.376 e. The molecule has 42 heavy (non-hydrogen) atoms. The lowest BCUT2D eigenvalue weighted by Gasteiger charge is -2.40. The predicted octanol–water partition coefficient (Wildman–Crippen LogP) is 5.65. The number of pyridine rings is 1. The van der Waals surface area contributed by atoms with Crippen LogP contribution in [0, 0.1) is 5.82 Å². The van der Waals surface area contributed by atoms with E-state index in [2.05, 4.69) is 25.4 Å². The summed E-state index contributed by atoms with van der Waals surface area (Å²) in [4.78, 5) is 41.7. The normalized spacial score (nSPS) is 15.4. The Balaban J connectivity index is 1.84.